The highest BCUT2D eigenvalue weighted by molar-refractivity contribution is 7.22. The highest BCUT2D eigenvalue weighted by atomic mass is 32.1. The third-order valence-electron chi connectivity index (χ3n) is 13.4. The lowest BCUT2D eigenvalue weighted by Crippen LogP contribution is -2.47. The van der Waals surface area contributed by atoms with Crippen LogP contribution in [0.5, 0.6) is 0 Å². The summed E-state index contributed by atoms with van der Waals surface area (Å²) >= 11 is 1.59. The van der Waals surface area contributed by atoms with E-state index in [1.807, 2.05) is 36.1 Å². The van der Waals surface area contributed by atoms with Crippen LogP contribution >= 0.6 is 11.3 Å². The first-order valence-corrected chi connectivity index (χ1v) is 20.8. The summed E-state index contributed by atoms with van der Waals surface area (Å²) in [5.41, 5.74) is 17.6. The predicted molar refractivity (Wildman–Crippen MR) is 224 cm³/mol. The number of carboxylic acids is 1. The Kier molecular flexibility index (Phi) is 10.3. The molecule has 0 radical (unpaired) electrons. The monoisotopic (exact) mass is 797 g/mol. The van der Waals surface area contributed by atoms with Crippen LogP contribution in [-0.4, -0.2) is 88.1 Å². The van der Waals surface area contributed by atoms with Gasteiger partial charge in [0.15, 0.2) is 10.8 Å². The minimum absolute atomic E-state index is 0.0397. The highest BCUT2D eigenvalue weighted by Gasteiger charge is 2.73. The fraction of sp³-hybridized carbons (Fsp3) is 0.524. The number of nitrogens with two attached hydrogens (primary N) is 1. The van der Waals surface area contributed by atoms with Crippen molar-refractivity contribution in [2.75, 3.05) is 49.7 Å². The number of ether oxygens (including phenoxy) is 1. The molecule has 0 spiro atoms. The number of para-hydroxylation sites is 1. The van der Waals surface area contributed by atoms with Gasteiger partial charge in [0, 0.05) is 48.3 Å². The van der Waals surface area contributed by atoms with Crippen molar-refractivity contribution < 1.29 is 24.9 Å². The Balaban J connectivity index is 1.00. The Bertz CT molecular complexity index is 2140. The first kappa shape index (κ1) is 39.3. The average molecular weight is 798 g/mol. The molecule has 4 fully saturated rings. The lowest BCUT2D eigenvalue weighted by atomic mass is 9.64. The number of nitrogens with one attached hydrogen (secondary N) is 4. The van der Waals surface area contributed by atoms with Gasteiger partial charge in [0.2, 0.25) is 0 Å². The number of aromatic carboxylic acids is 1. The summed E-state index contributed by atoms with van der Waals surface area (Å²) < 4.78 is 7.79. The maximum atomic E-state index is 12.9. The summed E-state index contributed by atoms with van der Waals surface area (Å²) in [4.78, 5) is 29.5. The number of aliphatic imine (C=N–C) groups is 1. The van der Waals surface area contributed by atoms with E-state index in [9.17, 15) is 20.1 Å². The third kappa shape index (κ3) is 7.07. The summed E-state index contributed by atoms with van der Waals surface area (Å²) in [6.07, 6.45) is 8.24. The molecule has 1 aromatic carbocycles. The first-order chi connectivity index (χ1) is 27.3. The minimum Gasteiger partial charge on any atom is -0.476 e. The molecular weight excluding hydrogens is 743 g/mol. The van der Waals surface area contributed by atoms with Crippen molar-refractivity contribution in [3.63, 3.8) is 0 Å². The van der Waals surface area contributed by atoms with Gasteiger partial charge in [0.05, 0.1) is 41.7 Å². The predicted octanol–water partition coefficient (Wildman–Crippen LogP) is 5.10. The number of hydrogen-bond donors (Lipinski definition) is 8. The quantitative estimate of drug-likeness (QED) is 0.0747. The van der Waals surface area contributed by atoms with Crippen molar-refractivity contribution in [3.05, 3.63) is 76.6 Å². The van der Waals surface area contributed by atoms with Crippen molar-refractivity contribution in [2.45, 2.75) is 84.3 Å². The van der Waals surface area contributed by atoms with E-state index in [0.717, 1.165) is 83.1 Å². The second kappa shape index (κ2) is 15.0. The van der Waals surface area contributed by atoms with Crippen LogP contribution in [0.15, 0.2) is 70.4 Å². The molecule has 4 saturated carbocycles. The number of rotatable bonds is 15. The van der Waals surface area contributed by atoms with Gasteiger partial charge in [-0.05, 0) is 105 Å². The number of hydrazine groups is 1. The molecule has 4 bridgehead atoms. The Morgan fingerprint density at radius 1 is 1.09 bits per heavy atom. The molecule has 0 amide bonds. The number of hydrogen-bond acceptors (Lipinski definition) is 14. The summed E-state index contributed by atoms with van der Waals surface area (Å²) in [6.45, 7) is 10.9. The van der Waals surface area contributed by atoms with Gasteiger partial charge < -0.3 is 41.3 Å². The molecule has 9 N–H and O–H groups in total. The van der Waals surface area contributed by atoms with Crippen molar-refractivity contribution in [1.82, 2.24) is 26.1 Å². The molecular formula is C42H55N9O5S. The molecule has 57 heavy (non-hydrogen) atoms. The summed E-state index contributed by atoms with van der Waals surface area (Å²) in [6, 6.07) is 11.4. The van der Waals surface area contributed by atoms with Gasteiger partial charge in [0.25, 0.3) is 0 Å². The number of aliphatic hydroxyl groups is 2. The molecule has 15 heteroatoms. The number of aliphatic hydroxyl groups excluding tert-OH is 2. The van der Waals surface area contributed by atoms with Crippen LogP contribution in [0, 0.1) is 16.2 Å². The maximum Gasteiger partial charge on any atom is 0.355 e. The van der Waals surface area contributed by atoms with E-state index in [0.29, 0.717) is 48.9 Å². The normalized spacial score (nSPS) is 28.4. The number of nitrogens with zero attached hydrogens (tertiary/aromatic N) is 4. The Hall–Kier alpha value is -4.54. The largest absolute Gasteiger partial charge is 0.476 e. The topological polar surface area (TPSA) is 203 Å². The van der Waals surface area contributed by atoms with Crippen LogP contribution in [0.1, 0.15) is 88.7 Å². The molecule has 4 heterocycles. The van der Waals surface area contributed by atoms with Crippen LogP contribution in [0.3, 0.4) is 0 Å². The average Bonchev–Trinajstić information content (AvgIpc) is 3.72. The van der Waals surface area contributed by atoms with Gasteiger partial charge in [-0.15, -0.1) is 0 Å². The van der Waals surface area contributed by atoms with E-state index < -0.39 is 5.97 Å². The third-order valence-corrected chi connectivity index (χ3v) is 14.3. The van der Waals surface area contributed by atoms with Gasteiger partial charge in [-0.25, -0.2) is 14.8 Å². The molecule has 2 aromatic heterocycles. The van der Waals surface area contributed by atoms with Gasteiger partial charge in [0.1, 0.15) is 17.5 Å². The zero-order valence-corrected chi connectivity index (χ0v) is 34.1. The van der Waals surface area contributed by atoms with Gasteiger partial charge in [-0.1, -0.05) is 37.3 Å². The second-order valence-corrected chi connectivity index (χ2v) is 18.4. The second-order valence-electron chi connectivity index (χ2n) is 17.3. The highest BCUT2D eigenvalue weighted by Crippen LogP contribution is 2.78. The zero-order chi connectivity index (χ0) is 40.2. The van der Waals surface area contributed by atoms with E-state index in [1.165, 1.54) is 6.20 Å². The van der Waals surface area contributed by atoms with Gasteiger partial charge >= 0.3 is 5.97 Å². The number of carboxylic acid groups (broad SMARTS) is 1. The standard InChI is InChI=1S/C42H55N9O5S/c1-25-28-8-7-14-51(36(28)50-49-35(25)48-38-46-31-9-5-6-10-32(31)57-38)33-12-11-29(34(47-33)37(54)55)30(16-43)26(2)45-24-41-19-39(3)21-42(23-41,22-40(39,4)20-41)56-15-13-44-27(17-52)18-53/h5-6,9-12,16,27,44,49-50,52-53H,7-8,13-15,17-24,43H2,1-4H3,(H,46,48)(H,54,55)/b30-16+,45-26?. The molecule has 2 aliphatic heterocycles. The number of pyridine rings is 1. The van der Waals surface area contributed by atoms with Crippen molar-refractivity contribution >= 4 is 49.8 Å². The van der Waals surface area contributed by atoms with Crippen LogP contribution < -0.4 is 32.1 Å². The number of anilines is 2. The Labute approximate surface area is 337 Å². The molecule has 2 unspecified atom stereocenters. The Morgan fingerprint density at radius 2 is 1.84 bits per heavy atom. The fourth-order valence-electron chi connectivity index (χ4n) is 11.0. The van der Waals surface area contributed by atoms with Crippen LogP contribution in [0.2, 0.25) is 0 Å². The SMILES string of the molecule is CC(=NCC12CC3(OCCNC(CO)CO)CC(C)(C1)C(C)(C2)C3)/C(=C\N)c1ccc(N2CCCC3=C2NNC(Nc2nc4ccccc4s2)=C3C)nc1C(=O)O. The molecule has 0 saturated heterocycles. The number of benzene rings is 1. The van der Waals surface area contributed by atoms with Crippen LogP contribution in [0.4, 0.5) is 10.9 Å². The number of allylic oxidation sites excluding steroid dienone is 3. The summed E-state index contributed by atoms with van der Waals surface area (Å²) in [5.74, 6) is 1.06. The lowest BCUT2D eigenvalue weighted by Gasteiger charge is -2.47. The fourth-order valence-corrected chi connectivity index (χ4v) is 11.8. The number of fused-ring (bicyclic) bond motifs is 1. The van der Waals surface area contributed by atoms with Crippen LogP contribution in [0.25, 0.3) is 15.8 Å². The zero-order valence-electron chi connectivity index (χ0n) is 33.2. The maximum absolute atomic E-state index is 12.9. The number of thiazole rings is 1. The van der Waals surface area contributed by atoms with Crippen molar-refractivity contribution in [3.8, 4) is 0 Å². The van der Waals surface area contributed by atoms with Gasteiger partial charge in [-0.2, -0.15) is 0 Å². The molecule has 9 rings (SSSR count). The number of aromatic nitrogens is 2. The molecule has 3 aromatic rings. The van der Waals surface area contributed by atoms with E-state index in [1.54, 1.807) is 17.4 Å². The van der Waals surface area contributed by atoms with E-state index in [-0.39, 0.29) is 46.8 Å². The molecule has 304 valence electrons. The summed E-state index contributed by atoms with van der Waals surface area (Å²) in [5, 5.41) is 36.8. The van der Waals surface area contributed by atoms with Crippen LogP contribution in [-0.2, 0) is 4.74 Å². The summed E-state index contributed by atoms with van der Waals surface area (Å²) in [7, 11) is 0. The Morgan fingerprint density at radius 3 is 2.54 bits per heavy atom. The van der Waals surface area contributed by atoms with Crippen molar-refractivity contribution in [1.29, 1.82) is 0 Å². The number of carbonyl (C=O) groups is 1. The van der Waals surface area contributed by atoms with Gasteiger partial charge in [-0.3, -0.25) is 15.8 Å². The van der Waals surface area contributed by atoms with E-state index in [4.69, 9.17) is 25.4 Å². The first-order valence-electron chi connectivity index (χ1n) is 20.0. The lowest BCUT2D eigenvalue weighted by molar-refractivity contribution is -0.109. The van der Waals surface area contributed by atoms with Crippen molar-refractivity contribution in [2.24, 2.45) is 27.0 Å². The molecule has 6 aliphatic rings. The van der Waals surface area contributed by atoms with E-state index in [2.05, 4.69) is 48.3 Å². The molecule has 14 nitrogen and oxygen atoms in total. The molecule has 4 aliphatic carbocycles. The molecule has 2 atom stereocenters. The smallest absolute Gasteiger partial charge is 0.355 e. The van der Waals surface area contributed by atoms with E-state index >= 15 is 0 Å². The minimum atomic E-state index is -1.14.